The Labute approximate surface area is 155 Å². The summed E-state index contributed by atoms with van der Waals surface area (Å²) in [4.78, 5) is 13.3. The van der Waals surface area contributed by atoms with Crippen LogP contribution in [-0.2, 0) is 11.2 Å². The van der Waals surface area contributed by atoms with Gasteiger partial charge in [-0.2, -0.15) is 0 Å². The molecule has 1 aliphatic heterocycles. The first-order chi connectivity index (χ1) is 11.9. The molecule has 148 valence electrons. The molecular formula is C20H41N3O2. The molecule has 1 aromatic heterocycles. The molecule has 1 fully saturated rings. The Bertz CT molecular complexity index is 428. The highest BCUT2D eigenvalue weighted by molar-refractivity contribution is 5.76. The number of piperazine rings is 1. The first-order valence-electron chi connectivity index (χ1n) is 9.84. The predicted molar refractivity (Wildman–Crippen MR) is 107 cm³/mol. The van der Waals surface area contributed by atoms with Crippen LogP contribution in [0.2, 0.25) is 0 Å². The smallest absolute Gasteiger partial charge is 0.222 e. The van der Waals surface area contributed by atoms with Crippen molar-refractivity contribution in [2.75, 3.05) is 13.1 Å². The number of aromatic nitrogens is 1. The topological polar surface area (TPSA) is 58.4 Å². The number of hydrogen-bond acceptors (Lipinski definition) is 4. The van der Waals surface area contributed by atoms with Crippen molar-refractivity contribution in [3.05, 3.63) is 17.0 Å². The third kappa shape index (κ3) is 9.63. The van der Waals surface area contributed by atoms with Crippen LogP contribution in [0.1, 0.15) is 78.8 Å². The van der Waals surface area contributed by atoms with Crippen LogP contribution in [0, 0.1) is 13.8 Å². The fourth-order valence-electron chi connectivity index (χ4n) is 2.76. The van der Waals surface area contributed by atoms with Gasteiger partial charge in [0.05, 0.1) is 5.69 Å². The lowest BCUT2D eigenvalue weighted by molar-refractivity contribution is -0.132. The van der Waals surface area contributed by atoms with Crippen molar-refractivity contribution in [2.24, 2.45) is 0 Å². The van der Waals surface area contributed by atoms with Gasteiger partial charge in [0.15, 0.2) is 0 Å². The van der Waals surface area contributed by atoms with E-state index in [2.05, 4.69) is 31.2 Å². The Morgan fingerprint density at radius 2 is 1.60 bits per heavy atom. The number of aryl methyl sites for hydroxylation is 2. The van der Waals surface area contributed by atoms with Crippen LogP contribution in [0.3, 0.4) is 0 Å². The molecule has 0 saturated carbocycles. The molecule has 0 spiro atoms. The Balaban J connectivity index is 0. The summed E-state index contributed by atoms with van der Waals surface area (Å²) in [5.74, 6) is 1.23. The number of carbonyl (C=O) groups is 1. The Hall–Kier alpha value is -1.36. The highest BCUT2D eigenvalue weighted by atomic mass is 16.5. The van der Waals surface area contributed by atoms with Crippen molar-refractivity contribution in [1.29, 1.82) is 0 Å². The van der Waals surface area contributed by atoms with Gasteiger partial charge >= 0.3 is 0 Å². The van der Waals surface area contributed by atoms with Crippen LogP contribution < -0.4 is 5.32 Å². The molecule has 5 nitrogen and oxygen atoms in total. The Morgan fingerprint density at radius 3 is 1.88 bits per heavy atom. The van der Waals surface area contributed by atoms with Crippen molar-refractivity contribution in [1.82, 2.24) is 15.4 Å². The largest absolute Gasteiger partial charge is 0.361 e. The van der Waals surface area contributed by atoms with E-state index in [1.807, 2.05) is 53.4 Å². The monoisotopic (exact) mass is 355 g/mol. The highest BCUT2D eigenvalue weighted by Gasteiger charge is 2.23. The van der Waals surface area contributed by atoms with Gasteiger partial charge in [0, 0.05) is 37.2 Å². The molecule has 0 unspecified atom stereocenters. The molecule has 25 heavy (non-hydrogen) atoms. The quantitative estimate of drug-likeness (QED) is 0.848. The summed E-state index contributed by atoms with van der Waals surface area (Å²) >= 11 is 0. The van der Waals surface area contributed by atoms with E-state index < -0.39 is 0 Å². The van der Waals surface area contributed by atoms with E-state index in [9.17, 15) is 4.79 Å². The van der Waals surface area contributed by atoms with Gasteiger partial charge in [0.25, 0.3) is 0 Å². The average Bonchev–Trinajstić information content (AvgIpc) is 2.95. The van der Waals surface area contributed by atoms with Gasteiger partial charge in [-0.25, -0.2) is 0 Å². The van der Waals surface area contributed by atoms with E-state index in [0.29, 0.717) is 18.5 Å². The minimum absolute atomic E-state index is 0.273. The fourth-order valence-corrected chi connectivity index (χ4v) is 2.76. The van der Waals surface area contributed by atoms with Gasteiger partial charge in [-0.15, -0.1) is 0 Å². The Kier molecular flexibility index (Phi) is 15.5. The summed E-state index contributed by atoms with van der Waals surface area (Å²) in [5, 5.41) is 7.21. The zero-order chi connectivity index (χ0) is 20.0. The second-order valence-corrected chi connectivity index (χ2v) is 5.78. The molecule has 1 saturated heterocycles. The maximum absolute atomic E-state index is 11.4. The summed E-state index contributed by atoms with van der Waals surface area (Å²) in [7, 11) is 0. The van der Waals surface area contributed by atoms with Crippen LogP contribution in [0.15, 0.2) is 4.52 Å². The van der Waals surface area contributed by atoms with Crippen molar-refractivity contribution < 1.29 is 9.32 Å². The predicted octanol–water partition coefficient (Wildman–Crippen LogP) is 4.51. The minimum Gasteiger partial charge on any atom is -0.361 e. The normalized spacial score (nSPS) is 18.7. The average molecular weight is 356 g/mol. The van der Waals surface area contributed by atoms with Gasteiger partial charge in [-0.05, 0) is 34.1 Å². The number of nitrogens with zero attached hydrogens (tertiary/aromatic N) is 2. The van der Waals surface area contributed by atoms with E-state index >= 15 is 0 Å². The summed E-state index contributed by atoms with van der Waals surface area (Å²) in [6.45, 7) is 21.9. The zero-order valence-electron chi connectivity index (χ0n) is 18.2. The van der Waals surface area contributed by atoms with Crippen molar-refractivity contribution in [3.63, 3.8) is 0 Å². The molecule has 0 aliphatic carbocycles. The van der Waals surface area contributed by atoms with Crippen LogP contribution in [-0.4, -0.2) is 41.1 Å². The van der Waals surface area contributed by atoms with Gasteiger partial charge in [-0.1, -0.05) is 46.7 Å². The van der Waals surface area contributed by atoms with Crippen LogP contribution in [0.4, 0.5) is 0 Å². The number of hydrogen-bond donors (Lipinski definition) is 1. The molecule has 1 aliphatic rings. The number of amides is 1. The fraction of sp³-hybridized carbons (Fsp3) is 0.800. The van der Waals surface area contributed by atoms with Crippen LogP contribution >= 0.6 is 0 Å². The lowest BCUT2D eigenvalue weighted by Gasteiger charge is -2.36. The summed E-state index contributed by atoms with van der Waals surface area (Å²) in [6.07, 6.45) is 1.64. The molecule has 2 atom stereocenters. The van der Waals surface area contributed by atoms with Gasteiger partial charge < -0.3 is 14.7 Å². The van der Waals surface area contributed by atoms with E-state index in [1.165, 1.54) is 5.56 Å². The maximum Gasteiger partial charge on any atom is 0.222 e. The van der Waals surface area contributed by atoms with Crippen molar-refractivity contribution in [2.45, 2.75) is 94.2 Å². The molecular weight excluding hydrogens is 314 g/mol. The molecule has 5 heteroatoms. The van der Waals surface area contributed by atoms with E-state index in [4.69, 9.17) is 4.52 Å². The van der Waals surface area contributed by atoms with Crippen molar-refractivity contribution >= 4 is 5.91 Å². The van der Waals surface area contributed by atoms with Gasteiger partial charge in [0.2, 0.25) is 5.91 Å². The van der Waals surface area contributed by atoms with E-state index in [-0.39, 0.29) is 5.91 Å². The van der Waals surface area contributed by atoms with E-state index in [1.54, 1.807) is 0 Å². The number of carbonyl (C=O) groups excluding carboxylic acids is 1. The SMILES string of the molecule is CC.CC.CCC(=O)N1C[C@@H](C)N[C@@H](C)C1.CCc1c(C)noc1C. The highest BCUT2D eigenvalue weighted by Crippen LogP contribution is 2.11. The second kappa shape index (κ2) is 14.9. The molecule has 1 N–H and O–H groups in total. The van der Waals surface area contributed by atoms with Gasteiger partial charge in [0.1, 0.15) is 5.76 Å². The molecule has 0 radical (unpaired) electrons. The molecule has 0 bridgehead atoms. The first kappa shape index (κ1) is 25.9. The van der Waals surface area contributed by atoms with Crippen LogP contribution in [0.25, 0.3) is 0 Å². The van der Waals surface area contributed by atoms with Crippen molar-refractivity contribution in [3.8, 4) is 0 Å². The zero-order valence-corrected chi connectivity index (χ0v) is 18.2. The van der Waals surface area contributed by atoms with E-state index in [0.717, 1.165) is 31.0 Å². The second-order valence-electron chi connectivity index (χ2n) is 5.78. The number of nitrogens with one attached hydrogen (secondary N) is 1. The third-order valence-corrected chi connectivity index (χ3v) is 3.75. The first-order valence-corrected chi connectivity index (χ1v) is 9.84. The molecule has 2 rings (SSSR count). The third-order valence-electron chi connectivity index (χ3n) is 3.75. The lowest BCUT2D eigenvalue weighted by Crippen LogP contribution is -2.55. The Morgan fingerprint density at radius 1 is 1.12 bits per heavy atom. The lowest BCUT2D eigenvalue weighted by atomic mass is 10.1. The summed E-state index contributed by atoms with van der Waals surface area (Å²) in [5.41, 5.74) is 2.27. The van der Waals surface area contributed by atoms with Crippen LogP contribution in [0.5, 0.6) is 0 Å². The maximum atomic E-state index is 11.4. The number of rotatable bonds is 2. The molecule has 0 aromatic carbocycles. The molecule has 1 amide bonds. The molecule has 2 heterocycles. The standard InChI is InChI=1S/C9H18N2O.C7H11NO.2C2H6/c1-4-9(12)11-5-7(2)10-8(3)6-11;1-4-7-5(2)8-9-6(7)3;2*1-2/h7-8,10H,4-6H2,1-3H3;4H2,1-3H3;2*1-2H3/t7-,8+;;;. The minimum atomic E-state index is 0.273. The summed E-state index contributed by atoms with van der Waals surface area (Å²) in [6, 6.07) is 0.869. The molecule has 1 aromatic rings. The summed E-state index contributed by atoms with van der Waals surface area (Å²) < 4.78 is 4.94. The van der Waals surface area contributed by atoms with Gasteiger partial charge in [-0.3, -0.25) is 4.79 Å².